The van der Waals surface area contributed by atoms with E-state index >= 15 is 0 Å². The number of benzene rings is 1. The molecule has 4 heteroatoms. The summed E-state index contributed by atoms with van der Waals surface area (Å²) in [5, 5.41) is 16.4. The largest absolute Gasteiger partial charge is 0.393 e. The zero-order chi connectivity index (χ0) is 14.4. The number of aliphatic imine (C=N–C) groups is 1. The van der Waals surface area contributed by atoms with Gasteiger partial charge in [0.1, 0.15) is 0 Å². The number of rotatable bonds is 6. The van der Waals surface area contributed by atoms with Crippen LogP contribution >= 0.6 is 0 Å². The smallest absolute Gasteiger partial charge is 0.191 e. The quantitative estimate of drug-likeness (QED) is 0.549. The summed E-state index contributed by atoms with van der Waals surface area (Å²) in [6.45, 7) is 2.62. The van der Waals surface area contributed by atoms with E-state index < -0.39 is 0 Å². The molecule has 110 valence electrons. The molecule has 1 aromatic carbocycles. The Morgan fingerprint density at radius 1 is 1.35 bits per heavy atom. The Bertz CT molecular complexity index is 427. The maximum absolute atomic E-state index is 9.69. The van der Waals surface area contributed by atoms with Crippen LogP contribution in [0.25, 0.3) is 0 Å². The molecule has 1 aliphatic carbocycles. The fourth-order valence-electron chi connectivity index (χ4n) is 2.31. The normalized spacial score (nSPS) is 18.4. The van der Waals surface area contributed by atoms with Crippen molar-refractivity contribution in [2.75, 3.05) is 13.6 Å². The predicted octanol–water partition coefficient (Wildman–Crippen LogP) is 1.87. The Kier molecular flexibility index (Phi) is 5.41. The van der Waals surface area contributed by atoms with E-state index in [0.717, 1.165) is 18.9 Å². The van der Waals surface area contributed by atoms with Gasteiger partial charge in [-0.05, 0) is 31.7 Å². The lowest BCUT2D eigenvalue weighted by atomic mass is 9.93. The molecule has 1 fully saturated rings. The molecule has 0 amide bonds. The molecule has 1 saturated carbocycles. The minimum Gasteiger partial charge on any atom is -0.393 e. The summed E-state index contributed by atoms with van der Waals surface area (Å²) in [7, 11) is 1.80. The van der Waals surface area contributed by atoms with E-state index in [-0.39, 0.29) is 12.0 Å². The van der Waals surface area contributed by atoms with E-state index in [1.54, 1.807) is 7.05 Å². The number of aliphatic hydroxyl groups excluding tert-OH is 1. The second-order valence-electron chi connectivity index (χ2n) is 5.56. The maximum Gasteiger partial charge on any atom is 0.191 e. The van der Waals surface area contributed by atoms with Gasteiger partial charge < -0.3 is 15.7 Å². The molecule has 0 radical (unpaired) electrons. The van der Waals surface area contributed by atoms with Crippen LogP contribution in [0.2, 0.25) is 0 Å². The minimum absolute atomic E-state index is 0.286. The standard InChI is InChI=1S/C16H25N3O/c1-12(20)10-14(13-6-4-3-5-7-13)11-18-16(17-2)19-15-8-9-15/h3-7,12,14-15,20H,8-11H2,1-2H3,(H2,17,18,19). The van der Waals surface area contributed by atoms with Crippen molar-refractivity contribution in [3.05, 3.63) is 35.9 Å². The number of hydrogen-bond acceptors (Lipinski definition) is 2. The predicted molar refractivity (Wildman–Crippen MR) is 83.0 cm³/mol. The van der Waals surface area contributed by atoms with E-state index in [0.29, 0.717) is 6.04 Å². The Hall–Kier alpha value is -1.55. The van der Waals surface area contributed by atoms with Gasteiger partial charge in [0.05, 0.1) is 6.10 Å². The SMILES string of the molecule is CN=C(NCC(CC(C)O)c1ccccc1)NC1CC1. The van der Waals surface area contributed by atoms with Crippen molar-refractivity contribution in [3.63, 3.8) is 0 Å². The fourth-order valence-corrected chi connectivity index (χ4v) is 2.31. The van der Waals surface area contributed by atoms with Gasteiger partial charge in [-0.3, -0.25) is 4.99 Å². The molecule has 0 heterocycles. The third kappa shape index (κ3) is 4.85. The summed E-state index contributed by atoms with van der Waals surface area (Å²) in [6, 6.07) is 10.9. The average Bonchev–Trinajstić information content (AvgIpc) is 3.26. The first-order valence-corrected chi connectivity index (χ1v) is 7.39. The number of guanidine groups is 1. The zero-order valence-electron chi connectivity index (χ0n) is 12.3. The lowest BCUT2D eigenvalue weighted by Gasteiger charge is -2.21. The van der Waals surface area contributed by atoms with Crippen molar-refractivity contribution in [1.82, 2.24) is 10.6 Å². The van der Waals surface area contributed by atoms with Crippen LogP contribution in [0.5, 0.6) is 0 Å². The summed E-state index contributed by atoms with van der Waals surface area (Å²) >= 11 is 0. The van der Waals surface area contributed by atoms with Gasteiger partial charge in [0, 0.05) is 25.6 Å². The highest BCUT2D eigenvalue weighted by molar-refractivity contribution is 5.80. The van der Waals surface area contributed by atoms with Crippen LogP contribution in [0, 0.1) is 0 Å². The van der Waals surface area contributed by atoms with Crippen LogP contribution < -0.4 is 10.6 Å². The second-order valence-corrected chi connectivity index (χ2v) is 5.56. The van der Waals surface area contributed by atoms with Gasteiger partial charge in [-0.25, -0.2) is 0 Å². The van der Waals surface area contributed by atoms with Crippen molar-refractivity contribution >= 4 is 5.96 Å². The highest BCUT2D eigenvalue weighted by Crippen LogP contribution is 2.21. The van der Waals surface area contributed by atoms with Gasteiger partial charge in [-0.1, -0.05) is 30.3 Å². The van der Waals surface area contributed by atoms with Gasteiger partial charge in [-0.2, -0.15) is 0 Å². The van der Waals surface area contributed by atoms with Gasteiger partial charge in [-0.15, -0.1) is 0 Å². The van der Waals surface area contributed by atoms with Crippen LogP contribution in [-0.2, 0) is 0 Å². The molecule has 1 aromatic rings. The molecule has 0 saturated heterocycles. The molecule has 4 nitrogen and oxygen atoms in total. The van der Waals surface area contributed by atoms with Crippen LogP contribution in [0.4, 0.5) is 0 Å². The van der Waals surface area contributed by atoms with Gasteiger partial charge in [0.15, 0.2) is 5.96 Å². The van der Waals surface area contributed by atoms with E-state index in [9.17, 15) is 5.11 Å². The first kappa shape index (κ1) is 14.9. The third-order valence-corrected chi connectivity index (χ3v) is 3.55. The Balaban J connectivity index is 1.93. The average molecular weight is 275 g/mol. The Morgan fingerprint density at radius 2 is 2.05 bits per heavy atom. The minimum atomic E-state index is -0.305. The molecule has 0 aliphatic heterocycles. The molecule has 2 rings (SSSR count). The van der Waals surface area contributed by atoms with Crippen molar-refractivity contribution in [3.8, 4) is 0 Å². The molecular formula is C16H25N3O. The third-order valence-electron chi connectivity index (χ3n) is 3.55. The Morgan fingerprint density at radius 3 is 2.60 bits per heavy atom. The topological polar surface area (TPSA) is 56.7 Å². The number of nitrogens with one attached hydrogen (secondary N) is 2. The lowest BCUT2D eigenvalue weighted by molar-refractivity contribution is 0.174. The summed E-state index contributed by atoms with van der Waals surface area (Å²) in [6.07, 6.45) is 2.91. The maximum atomic E-state index is 9.69. The molecule has 20 heavy (non-hydrogen) atoms. The van der Waals surface area contributed by atoms with Crippen molar-refractivity contribution in [2.24, 2.45) is 4.99 Å². The second kappa shape index (κ2) is 7.29. The molecule has 0 aromatic heterocycles. The summed E-state index contributed by atoms with van der Waals surface area (Å²) < 4.78 is 0. The molecule has 2 atom stereocenters. The molecule has 3 N–H and O–H groups in total. The highest BCUT2D eigenvalue weighted by Gasteiger charge is 2.22. The van der Waals surface area contributed by atoms with Gasteiger partial charge in [0.2, 0.25) is 0 Å². The Labute approximate surface area is 121 Å². The first-order valence-electron chi connectivity index (χ1n) is 7.39. The van der Waals surface area contributed by atoms with Crippen LogP contribution in [0.1, 0.15) is 37.7 Å². The summed E-state index contributed by atoms with van der Waals surface area (Å²) in [5.41, 5.74) is 1.25. The van der Waals surface area contributed by atoms with Crippen molar-refractivity contribution in [1.29, 1.82) is 0 Å². The van der Waals surface area contributed by atoms with Gasteiger partial charge >= 0.3 is 0 Å². The number of aliphatic hydroxyl groups is 1. The summed E-state index contributed by atoms with van der Waals surface area (Å²) in [4.78, 5) is 4.24. The van der Waals surface area contributed by atoms with E-state index in [1.165, 1.54) is 18.4 Å². The van der Waals surface area contributed by atoms with Gasteiger partial charge in [0.25, 0.3) is 0 Å². The summed E-state index contributed by atoms with van der Waals surface area (Å²) in [5.74, 6) is 1.15. The molecule has 0 bridgehead atoms. The monoisotopic (exact) mass is 275 g/mol. The van der Waals surface area contributed by atoms with Crippen LogP contribution in [0.15, 0.2) is 35.3 Å². The van der Waals surface area contributed by atoms with E-state index in [4.69, 9.17) is 0 Å². The van der Waals surface area contributed by atoms with E-state index in [2.05, 4.69) is 27.8 Å². The number of hydrogen-bond donors (Lipinski definition) is 3. The molecule has 0 spiro atoms. The molecular weight excluding hydrogens is 250 g/mol. The first-order chi connectivity index (χ1) is 9.69. The van der Waals surface area contributed by atoms with Crippen LogP contribution in [-0.4, -0.2) is 36.8 Å². The highest BCUT2D eigenvalue weighted by atomic mass is 16.3. The van der Waals surface area contributed by atoms with Crippen molar-refractivity contribution in [2.45, 2.75) is 44.2 Å². The number of nitrogens with zero attached hydrogens (tertiary/aromatic N) is 1. The molecule has 2 unspecified atom stereocenters. The fraction of sp³-hybridized carbons (Fsp3) is 0.562. The lowest BCUT2D eigenvalue weighted by Crippen LogP contribution is -2.40. The van der Waals surface area contributed by atoms with Crippen LogP contribution in [0.3, 0.4) is 0 Å². The molecule has 1 aliphatic rings. The van der Waals surface area contributed by atoms with Crippen molar-refractivity contribution < 1.29 is 5.11 Å². The zero-order valence-corrected chi connectivity index (χ0v) is 12.3. The van der Waals surface area contributed by atoms with E-state index in [1.807, 2.05) is 25.1 Å².